The summed E-state index contributed by atoms with van der Waals surface area (Å²) < 4.78 is 0. The predicted molar refractivity (Wildman–Crippen MR) is 69.4 cm³/mol. The van der Waals surface area contributed by atoms with Crippen molar-refractivity contribution in [2.45, 2.75) is 32.7 Å². The average molecular weight is 216 g/mol. The Morgan fingerprint density at radius 3 is 2.81 bits per heavy atom. The molecule has 1 atom stereocenters. The Kier molecular flexibility index (Phi) is 3.30. The third-order valence-electron chi connectivity index (χ3n) is 2.89. The van der Waals surface area contributed by atoms with E-state index < -0.39 is 0 Å². The summed E-state index contributed by atoms with van der Waals surface area (Å²) in [6, 6.07) is 8.90. The fraction of sp³-hybridized carbons (Fsp3) is 0.429. The van der Waals surface area contributed by atoms with Gasteiger partial charge in [0.1, 0.15) is 0 Å². The van der Waals surface area contributed by atoms with Crippen LogP contribution in [0.3, 0.4) is 0 Å². The zero-order chi connectivity index (χ0) is 11.5. The van der Waals surface area contributed by atoms with Crippen LogP contribution in [-0.4, -0.2) is 11.0 Å². The molecule has 16 heavy (non-hydrogen) atoms. The molecular weight excluding hydrogens is 196 g/mol. The molecule has 1 heterocycles. The highest BCUT2D eigenvalue weighted by Crippen LogP contribution is 2.16. The van der Waals surface area contributed by atoms with Gasteiger partial charge in [0.2, 0.25) is 0 Å². The second kappa shape index (κ2) is 4.71. The fourth-order valence-corrected chi connectivity index (χ4v) is 2.22. The molecule has 0 saturated carbocycles. The van der Waals surface area contributed by atoms with E-state index in [-0.39, 0.29) is 6.04 Å². The van der Waals surface area contributed by atoms with Crippen LogP contribution in [0, 0.1) is 5.92 Å². The minimum atomic E-state index is 0.274. The summed E-state index contributed by atoms with van der Waals surface area (Å²) in [5, 5.41) is 1.27. The van der Waals surface area contributed by atoms with Crippen molar-refractivity contribution in [2.24, 2.45) is 11.7 Å². The van der Waals surface area contributed by atoms with Crippen LogP contribution in [0.4, 0.5) is 0 Å². The molecule has 0 aliphatic heterocycles. The van der Waals surface area contributed by atoms with Gasteiger partial charge in [-0.25, -0.2) is 0 Å². The van der Waals surface area contributed by atoms with Crippen LogP contribution >= 0.6 is 0 Å². The molecule has 1 unspecified atom stereocenters. The lowest BCUT2D eigenvalue weighted by molar-refractivity contribution is 0.493. The van der Waals surface area contributed by atoms with E-state index in [1.54, 1.807) is 0 Å². The highest BCUT2D eigenvalue weighted by molar-refractivity contribution is 5.79. The summed E-state index contributed by atoms with van der Waals surface area (Å²) in [5.74, 6) is 0.672. The molecule has 0 aliphatic carbocycles. The SMILES string of the molecule is CC(C)CC(N)Cc1ccc2[nH]ccc2c1. The molecule has 0 saturated heterocycles. The third-order valence-corrected chi connectivity index (χ3v) is 2.89. The van der Waals surface area contributed by atoms with Gasteiger partial charge in [-0.15, -0.1) is 0 Å². The van der Waals surface area contributed by atoms with Crippen molar-refractivity contribution in [3.8, 4) is 0 Å². The van der Waals surface area contributed by atoms with Gasteiger partial charge in [0.25, 0.3) is 0 Å². The summed E-state index contributed by atoms with van der Waals surface area (Å²) in [6.45, 7) is 4.43. The standard InChI is InChI=1S/C14H20N2/c1-10(2)7-13(15)9-11-3-4-14-12(8-11)5-6-16-14/h3-6,8,10,13,16H,7,9,15H2,1-2H3. The molecule has 0 fully saturated rings. The maximum atomic E-state index is 6.12. The number of H-pyrrole nitrogens is 1. The first-order valence-corrected chi connectivity index (χ1v) is 5.97. The van der Waals surface area contributed by atoms with E-state index in [0.717, 1.165) is 12.8 Å². The summed E-state index contributed by atoms with van der Waals surface area (Å²) >= 11 is 0. The highest BCUT2D eigenvalue weighted by atomic mass is 14.7. The van der Waals surface area contributed by atoms with Crippen LogP contribution in [0.15, 0.2) is 30.5 Å². The molecule has 0 amide bonds. The lowest BCUT2D eigenvalue weighted by Gasteiger charge is -2.13. The number of hydrogen-bond acceptors (Lipinski definition) is 1. The van der Waals surface area contributed by atoms with Crippen LogP contribution in [0.25, 0.3) is 10.9 Å². The smallest absolute Gasteiger partial charge is 0.0454 e. The maximum absolute atomic E-state index is 6.12. The van der Waals surface area contributed by atoms with Gasteiger partial charge < -0.3 is 10.7 Å². The third kappa shape index (κ3) is 2.64. The van der Waals surface area contributed by atoms with Crippen molar-refractivity contribution >= 4 is 10.9 Å². The first kappa shape index (κ1) is 11.2. The Morgan fingerprint density at radius 1 is 1.25 bits per heavy atom. The van der Waals surface area contributed by atoms with Crippen molar-refractivity contribution in [1.82, 2.24) is 4.98 Å². The zero-order valence-corrected chi connectivity index (χ0v) is 10.0. The molecule has 2 rings (SSSR count). The Bertz CT molecular complexity index is 456. The van der Waals surface area contributed by atoms with E-state index in [2.05, 4.69) is 43.1 Å². The van der Waals surface area contributed by atoms with Gasteiger partial charge >= 0.3 is 0 Å². The van der Waals surface area contributed by atoms with E-state index in [4.69, 9.17) is 5.73 Å². The predicted octanol–water partition coefficient (Wildman–Crippen LogP) is 3.08. The van der Waals surface area contributed by atoms with E-state index in [9.17, 15) is 0 Å². The minimum absolute atomic E-state index is 0.274. The van der Waals surface area contributed by atoms with Crippen LogP contribution < -0.4 is 5.73 Å². The quantitative estimate of drug-likeness (QED) is 0.810. The van der Waals surface area contributed by atoms with Gasteiger partial charge in [-0.3, -0.25) is 0 Å². The fourth-order valence-electron chi connectivity index (χ4n) is 2.22. The number of rotatable bonds is 4. The second-order valence-electron chi connectivity index (χ2n) is 4.99. The van der Waals surface area contributed by atoms with Crippen LogP contribution in [0.5, 0.6) is 0 Å². The molecule has 2 heteroatoms. The Hall–Kier alpha value is -1.28. The van der Waals surface area contributed by atoms with Crippen molar-refractivity contribution in [1.29, 1.82) is 0 Å². The molecule has 86 valence electrons. The molecule has 0 bridgehead atoms. The Balaban J connectivity index is 2.08. The maximum Gasteiger partial charge on any atom is 0.0454 e. The van der Waals surface area contributed by atoms with Gasteiger partial charge in [0.05, 0.1) is 0 Å². The first-order chi connectivity index (χ1) is 7.65. The Labute approximate surface area is 96.9 Å². The van der Waals surface area contributed by atoms with E-state index in [1.165, 1.54) is 16.5 Å². The van der Waals surface area contributed by atoms with Crippen LogP contribution in [-0.2, 0) is 6.42 Å². The lowest BCUT2D eigenvalue weighted by Crippen LogP contribution is -2.24. The molecule has 3 N–H and O–H groups in total. The van der Waals surface area contributed by atoms with Gasteiger partial charge in [0, 0.05) is 17.8 Å². The van der Waals surface area contributed by atoms with Crippen molar-refractivity contribution in [3.05, 3.63) is 36.0 Å². The molecular formula is C14H20N2. The largest absolute Gasteiger partial charge is 0.361 e. The second-order valence-corrected chi connectivity index (χ2v) is 4.99. The monoisotopic (exact) mass is 216 g/mol. The topological polar surface area (TPSA) is 41.8 Å². The number of aromatic nitrogens is 1. The van der Waals surface area contributed by atoms with E-state index >= 15 is 0 Å². The van der Waals surface area contributed by atoms with Crippen LogP contribution in [0.2, 0.25) is 0 Å². The molecule has 0 spiro atoms. The van der Waals surface area contributed by atoms with Crippen molar-refractivity contribution in [2.75, 3.05) is 0 Å². The molecule has 0 radical (unpaired) electrons. The van der Waals surface area contributed by atoms with E-state index in [1.807, 2.05) is 6.20 Å². The van der Waals surface area contributed by atoms with Crippen molar-refractivity contribution < 1.29 is 0 Å². The number of benzene rings is 1. The molecule has 1 aromatic heterocycles. The number of aromatic amines is 1. The summed E-state index contributed by atoms with van der Waals surface area (Å²) in [4.78, 5) is 3.20. The molecule has 1 aromatic carbocycles. The molecule has 2 aromatic rings. The first-order valence-electron chi connectivity index (χ1n) is 5.97. The van der Waals surface area contributed by atoms with Gasteiger partial charge in [-0.2, -0.15) is 0 Å². The minimum Gasteiger partial charge on any atom is -0.361 e. The van der Waals surface area contributed by atoms with Crippen LogP contribution in [0.1, 0.15) is 25.8 Å². The van der Waals surface area contributed by atoms with E-state index in [0.29, 0.717) is 5.92 Å². The lowest BCUT2D eigenvalue weighted by atomic mass is 9.97. The average Bonchev–Trinajstić information content (AvgIpc) is 2.63. The van der Waals surface area contributed by atoms with Gasteiger partial charge in [0.15, 0.2) is 0 Å². The number of nitrogens with one attached hydrogen (secondary N) is 1. The number of hydrogen-bond donors (Lipinski definition) is 2. The number of nitrogens with two attached hydrogens (primary N) is 1. The summed E-state index contributed by atoms with van der Waals surface area (Å²) in [6.07, 6.45) is 4.03. The zero-order valence-electron chi connectivity index (χ0n) is 10.0. The molecule has 0 aliphatic rings. The van der Waals surface area contributed by atoms with Crippen molar-refractivity contribution in [3.63, 3.8) is 0 Å². The van der Waals surface area contributed by atoms with Gasteiger partial charge in [-0.05, 0) is 47.9 Å². The molecule has 2 nitrogen and oxygen atoms in total. The van der Waals surface area contributed by atoms with Gasteiger partial charge in [-0.1, -0.05) is 19.9 Å². The Morgan fingerprint density at radius 2 is 2.06 bits per heavy atom. The number of fused-ring (bicyclic) bond motifs is 1. The summed E-state index contributed by atoms with van der Waals surface area (Å²) in [7, 11) is 0. The highest BCUT2D eigenvalue weighted by Gasteiger charge is 2.07. The summed E-state index contributed by atoms with van der Waals surface area (Å²) in [5.41, 5.74) is 8.65. The normalized spacial score (nSPS) is 13.5.